The molecule has 0 saturated carbocycles. The molecule has 1 aromatic heterocycles. The lowest BCUT2D eigenvalue weighted by molar-refractivity contribution is 0.101. The largest absolute Gasteiger partial charge is 0.497 e. The summed E-state index contributed by atoms with van der Waals surface area (Å²) in [5.74, 6) is -1.54. The van der Waals surface area contributed by atoms with Crippen LogP contribution in [-0.2, 0) is 17.1 Å². The normalized spacial score (nSPS) is 11.5. The summed E-state index contributed by atoms with van der Waals surface area (Å²) < 4.78 is 60.9. The molecule has 0 radical (unpaired) electrons. The number of anilines is 2. The van der Waals surface area contributed by atoms with Gasteiger partial charge in [-0.15, -0.1) is 0 Å². The number of nitrogens with zero attached hydrogens (tertiary/aromatic N) is 1. The van der Waals surface area contributed by atoms with Crippen molar-refractivity contribution in [3.63, 3.8) is 0 Å². The van der Waals surface area contributed by atoms with E-state index in [-0.39, 0.29) is 11.3 Å². The van der Waals surface area contributed by atoms with E-state index in [2.05, 4.69) is 10.0 Å². The van der Waals surface area contributed by atoms with Crippen LogP contribution in [0.25, 0.3) is 22.0 Å². The van der Waals surface area contributed by atoms with Crippen LogP contribution >= 0.6 is 0 Å². The maximum atomic E-state index is 14.3. The molecule has 0 aliphatic heterocycles. The van der Waals surface area contributed by atoms with Crippen LogP contribution in [0.3, 0.4) is 0 Å². The fourth-order valence-electron chi connectivity index (χ4n) is 3.73. The Bertz CT molecular complexity index is 1550. The second-order valence-corrected chi connectivity index (χ2v) is 9.91. The maximum Gasteiger partial charge on any atom is 0.272 e. The van der Waals surface area contributed by atoms with Gasteiger partial charge in [0, 0.05) is 35.8 Å². The minimum Gasteiger partial charge on any atom is -0.497 e. The van der Waals surface area contributed by atoms with Crippen LogP contribution in [-0.4, -0.2) is 31.8 Å². The van der Waals surface area contributed by atoms with Crippen LogP contribution in [0.1, 0.15) is 17.4 Å². The first-order chi connectivity index (χ1) is 16.6. The van der Waals surface area contributed by atoms with Gasteiger partial charge in [0.2, 0.25) is 10.0 Å². The van der Waals surface area contributed by atoms with Crippen molar-refractivity contribution in [2.75, 3.05) is 22.9 Å². The van der Waals surface area contributed by atoms with E-state index in [1.165, 1.54) is 13.2 Å². The molecule has 7 nitrogen and oxygen atoms in total. The van der Waals surface area contributed by atoms with Crippen LogP contribution in [0.4, 0.5) is 20.2 Å². The lowest BCUT2D eigenvalue weighted by Crippen LogP contribution is -2.16. The molecule has 0 bridgehead atoms. The van der Waals surface area contributed by atoms with Crippen LogP contribution in [0, 0.1) is 11.6 Å². The van der Waals surface area contributed by atoms with Crippen molar-refractivity contribution in [2.24, 2.45) is 7.05 Å². The molecule has 4 aromatic rings. The van der Waals surface area contributed by atoms with Gasteiger partial charge >= 0.3 is 0 Å². The summed E-state index contributed by atoms with van der Waals surface area (Å²) in [5.41, 5.74) is 2.30. The molecule has 0 fully saturated rings. The number of fused-ring (bicyclic) bond motifs is 1. The number of nitrogens with one attached hydrogen (secondary N) is 2. The highest BCUT2D eigenvalue weighted by atomic mass is 32.2. The zero-order valence-electron chi connectivity index (χ0n) is 19.2. The van der Waals surface area contributed by atoms with Crippen molar-refractivity contribution < 1.29 is 26.7 Å². The molecular weight excluding hydrogens is 476 g/mol. The molecule has 1 amide bonds. The van der Waals surface area contributed by atoms with Crippen LogP contribution in [0.2, 0.25) is 0 Å². The topological polar surface area (TPSA) is 89.4 Å². The quantitative estimate of drug-likeness (QED) is 0.368. The van der Waals surface area contributed by atoms with E-state index in [9.17, 15) is 22.0 Å². The number of ether oxygens (including phenoxy) is 1. The standard InChI is InChI=1S/C25H23F2N3O4S/c1-4-35(32,33)29-18-7-5-15-11-24(30(2)23(15)14-18)25(31)28-19-9-16(10-20(13-19)34-3)21-8-6-17(26)12-22(21)27/h5-14,29H,4H2,1-3H3,(H,28,31). The third-order valence-electron chi connectivity index (χ3n) is 5.57. The van der Waals surface area contributed by atoms with Gasteiger partial charge in [-0.05, 0) is 55.0 Å². The first kappa shape index (κ1) is 24.2. The first-order valence-electron chi connectivity index (χ1n) is 10.7. The number of aryl methyl sites for hydroxylation is 1. The number of carbonyl (C=O) groups excluding carboxylic acids is 1. The molecule has 0 atom stereocenters. The van der Waals surface area contributed by atoms with E-state index in [1.807, 2.05) is 0 Å². The summed E-state index contributed by atoms with van der Waals surface area (Å²) in [6, 6.07) is 14.7. The molecule has 0 aliphatic carbocycles. The minimum absolute atomic E-state index is 0.0593. The Hall–Kier alpha value is -3.92. The van der Waals surface area contributed by atoms with Crippen molar-refractivity contribution in [3.8, 4) is 16.9 Å². The number of halogens is 2. The third-order valence-corrected chi connectivity index (χ3v) is 6.88. The Morgan fingerprint density at radius 1 is 1.00 bits per heavy atom. The summed E-state index contributed by atoms with van der Waals surface area (Å²) in [6.45, 7) is 1.54. The van der Waals surface area contributed by atoms with Crippen LogP contribution < -0.4 is 14.8 Å². The van der Waals surface area contributed by atoms with Crippen molar-refractivity contribution in [3.05, 3.63) is 78.0 Å². The Labute approximate surface area is 201 Å². The average Bonchev–Trinajstić information content (AvgIpc) is 3.14. The van der Waals surface area contributed by atoms with E-state index in [4.69, 9.17) is 4.74 Å². The molecule has 2 N–H and O–H groups in total. The van der Waals surface area contributed by atoms with E-state index in [0.29, 0.717) is 33.9 Å². The summed E-state index contributed by atoms with van der Waals surface area (Å²) in [7, 11) is -0.302. The number of benzene rings is 3. The smallest absolute Gasteiger partial charge is 0.272 e. The van der Waals surface area contributed by atoms with Gasteiger partial charge in [-0.1, -0.05) is 6.07 Å². The van der Waals surface area contributed by atoms with Gasteiger partial charge in [0.15, 0.2) is 0 Å². The van der Waals surface area contributed by atoms with Crippen LogP contribution in [0.5, 0.6) is 5.75 Å². The van der Waals surface area contributed by atoms with Gasteiger partial charge in [-0.2, -0.15) is 0 Å². The molecule has 3 aromatic carbocycles. The number of aromatic nitrogens is 1. The van der Waals surface area contributed by atoms with E-state index >= 15 is 0 Å². The van der Waals surface area contributed by atoms with Crippen LogP contribution in [0.15, 0.2) is 60.7 Å². The number of carbonyl (C=O) groups is 1. The molecule has 1 heterocycles. The number of sulfonamides is 1. The third kappa shape index (κ3) is 5.12. The monoisotopic (exact) mass is 499 g/mol. The molecule has 0 unspecified atom stereocenters. The highest BCUT2D eigenvalue weighted by Crippen LogP contribution is 2.31. The summed E-state index contributed by atoms with van der Waals surface area (Å²) in [6.07, 6.45) is 0. The summed E-state index contributed by atoms with van der Waals surface area (Å²) in [5, 5.41) is 3.54. The highest BCUT2D eigenvalue weighted by molar-refractivity contribution is 7.92. The molecule has 0 spiro atoms. The zero-order valence-corrected chi connectivity index (χ0v) is 20.0. The Balaban J connectivity index is 1.66. The van der Waals surface area contributed by atoms with Crippen molar-refractivity contribution in [2.45, 2.75) is 6.92 Å². The zero-order chi connectivity index (χ0) is 25.3. The molecule has 0 saturated heterocycles. The van der Waals surface area contributed by atoms with Gasteiger partial charge in [0.05, 0.1) is 24.1 Å². The van der Waals surface area contributed by atoms with Crippen molar-refractivity contribution in [1.82, 2.24) is 4.57 Å². The fraction of sp³-hybridized carbons (Fsp3) is 0.160. The summed E-state index contributed by atoms with van der Waals surface area (Å²) >= 11 is 0. The van der Waals surface area contributed by atoms with Gasteiger partial charge in [-0.3, -0.25) is 9.52 Å². The predicted octanol–water partition coefficient (Wildman–Crippen LogP) is 5.15. The number of methoxy groups -OCH3 is 1. The number of hydrogen-bond donors (Lipinski definition) is 2. The van der Waals surface area contributed by atoms with Gasteiger partial charge < -0.3 is 14.6 Å². The second kappa shape index (κ2) is 9.38. The lowest BCUT2D eigenvalue weighted by atomic mass is 10.0. The van der Waals surface area contributed by atoms with Gasteiger partial charge in [0.1, 0.15) is 23.1 Å². The van der Waals surface area contributed by atoms with Crippen molar-refractivity contribution in [1.29, 1.82) is 0 Å². The Morgan fingerprint density at radius 3 is 2.46 bits per heavy atom. The Morgan fingerprint density at radius 2 is 1.77 bits per heavy atom. The van der Waals surface area contributed by atoms with E-state index in [0.717, 1.165) is 17.5 Å². The van der Waals surface area contributed by atoms with E-state index in [1.54, 1.807) is 61.0 Å². The number of amides is 1. The molecule has 35 heavy (non-hydrogen) atoms. The number of rotatable bonds is 7. The average molecular weight is 500 g/mol. The number of hydrogen-bond acceptors (Lipinski definition) is 4. The molecule has 182 valence electrons. The summed E-state index contributed by atoms with van der Waals surface area (Å²) in [4.78, 5) is 13.1. The minimum atomic E-state index is -3.44. The maximum absolute atomic E-state index is 14.3. The second-order valence-electron chi connectivity index (χ2n) is 7.90. The van der Waals surface area contributed by atoms with Gasteiger partial charge in [0.25, 0.3) is 5.91 Å². The molecular formula is C25H23F2N3O4S. The van der Waals surface area contributed by atoms with Crippen molar-refractivity contribution >= 4 is 38.2 Å². The van der Waals surface area contributed by atoms with Gasteiger partial charge in [-0.25, -0.2) is 17.2 Å². The SMILES string of the molecule is CCS(=O)(=O)Nc1ccc2cc(C(=O)Nc3cc(OC)cc(-c4ccc(F)cc4F)c3)n(C)c2c1. The molecule has 10 heteroatoms. The molecule has 4 rings (SSSR count). The fourth-order valence-corrected chi connectivity index (χ4v) is 4.36. The Kier molecular flexibility index (Phi) is 6.49. The van der Waals surface area contributed by atoms with E-state index < -0.39 is 27.6 Å². The predicted molar refractivity (Wildman–Crippen MR) is 132 cm³/mol. The highest BCUT2D eigenvalue weighted by Gasteiger charge is 2.17. The lowest BCUT2D eigenvalue weighted by Gasteiger charge is -2.12. The molecule has 0 aliphatic rings. The first-order valence-corrected chi connectivity index (χ1v) is 12.3.